The van der Waals surface area contributed by atoms with Crippen LogP contribution < -0.4 is 5.32 Å². The molecular formula is C14H16N2O5. The molecule has 3 aliphatic rings. The van der Waals surface area contributed by atoms with Crippen molar-refractivity contribution in [1.29, 1.82) is 0 Å². The molecule has 7 nitrogen and oxygen atoms in total. The summed E-state index contributed by atoms with van der Waals surface area (Å²) in [5, 5.41) is 11.0. The van der Waals surface area contributed by atoms with Crippen LogP contribution in [0.25, 0.3) is 0 Å². The minimum atomic E-state index is -1.17. The molecule has 2 N–H and O–H groups in total. The van der Waals surface area contributed by atoms with Gasteiger partial charge in [-0.05, 0) is 25.2 Å². The molecule has 1 saturated heterocycles. The van der Waals surface area contributed by atoms with E-state index in [9.17, 15) is 19.2 Å². The Kier molecular flexibility index (Phi) is 3.07. The van der Waals surface area contributed by atoms with Gasteiger partial charge in [0, 0.05) is 0 Å². The van der Waals surface area contributed by atoms with Crippen molar-refractivity contribution in [3.63, 3.8) is 0 Å². The molecule has 2 fully saturated rings. The number of carbonyl (C=O) groups excluding carboxylic acids is 3. The first kappa shape index (κ1) is 13.8. The molecule has 3 rings (SSSR count). The molecule has 5 atom stereocenters. The van der Waals surface area contributed by atoms with Crippen LogP contribution in [0.4, 0.5) is 0 Å². The fraction of sp³-hybridized carbons (Fsp3) is 0.571. The zero-order valence-electron chi connectivity index (χ0n) is 11.5. The average Bonchev–Trinajstić information content (AvgIpc) is 3.08. The third-order valence-electron chi connectivity index (χ3n) is 4.61. The number of imide groups is 1. The highest BCUT2D eigenvalue weighted by Gasteiger charge is 2.59. The number of carbonyl (C=O) groups is 4. The summed E-state index contributed by atoms with van der Waals surface area (Å²) in [5.41, 5.74) is 0. The van der Waals surface area contributed by atoms with Crippen LogP contribution in [0.3, 0.4) is 0 Å². The maximum absolute atomic E-state index is 12.3. The highest BCUT2D eigenvalue weighted by Crippen LogP contribution is 2.52. The summed E-state index contributed by atoms with van der Waals surface area (Å²) >= 11 is 0. The van der Waals surface area contributed by atoms with Crippen molar-refractivity contribution in [2.75, 3.05) is 6.54 Å². The van der Waals surface area contributed by atoms with Gasteiger partial charge in [0.25, 0.3) is 0 Å². The summed E-state index contributed by atoms with van der Waals surface area (Å²) in [4.78, 5) is 48.1. The van der Waals surface area contributed by atoms with Crippen molar-refractivity contribution < 1.29 is 24.3 Å². The number of allylic oxidation sites excluding steroid dienone is 2. The van der Waals surface area contributed by atoms with Crippen molar-refractivity contribution in [3.8, 4) is 0 Å². The van der Waals surface area contributed by atoms with Crippen molar-refractivity contribution in [1.82, 2.24) is 10.2 Å². The Hall–Kier alpha value is -2.18. The van der Waals surface area contributed by atoms with E-state index in [1.165, 1.54) is 6.92 Å². The Bertz CT molecular complexity index is 540. The number of nitrogens with one attached hydrogen (secondary N) is 1. The number of carboxylic acids is 1. The summed E-state index contributed by atoms with van der Waals surface area (Å²) in [6.45, 7) is 0.925. The number of aliphatic carboxylic acids is 1. The molecule has 1 saturated carbocycles. The van der Waals surface area contributed by atoms with Gasteiger partial charge in [0.2, 0.25) is 17.7 Å². The molecule has 112 valence electrons. The van der Waals surface area contributed by atoms with E-state index in [2.05, 4.69) is 5.32 Å². The van der Waals surface area contributed by atoms with Gasteiger partial charge in [0.15, 0.2) is 0 Å². The van der Waals surface area contributed by atoms with Gasteiger partial charge in [-0.25, -0.2) is 0 Å². The normalized spacial score (nSPS) is 34.2. The van der Waals surface area contributed by atoms with Crippen molar-refractivity contribution >= 4 is 23.7 Å². The standard InChI is InChI=1S/C14H16N2O5/c1-6(14(20)21)15-9(17)5-16-12(18)10-7-2-3-8(4-7)11(10)13(16)19/h2-3,6-8,10-11H,4-5H2,1H3,(H,15,17)(H,20,21)/t6-,7+,8+,10-,11+/m1/s1. The van der Waals surface area contributed by atoms with E-state index in [-0.39, 0.29) is 35.5 Å². The first-order chi connectivity index (χ1) is 9.90. The van der Waals surface area contributed by atoms with E-state index in [4.69, 9.17) is 5.11 Å². The number of hydrogen-bond acceptors (Lipinski definition) is 4. The second kappa shape index (κ2) is 4.68. The van der Waals surface area contributed by atoms with Crippen LogP contribution in [0.1, 0.15) is 13.3 Å². The maximum Gasteiger partial charge on any atom is 0.325 e. The van der Waals surface area contributed by atoms with E-state index < -0.39 is 24.5 Å². The lowest BCUT2D eigenvalue weighted by molar-refractivity contribution is -0.145. The Balaban J connectivity index is 1.68. The Morgan fingerprint density at radius 2 is 1.81 bits per heavy atom. The Morgan fingerprint density at radius 3 is 2.29 bits per heavy atom. The number of hydrogen-bond donors (Lipinski definition) is 2. The van der Waals surface area contributed by atoms with Crippen molar-refractivity contribution in [3.05, 3.63) is 12.2 Å². The van der Waals surface area contributed by atoms with E-state index in [0.717, 1.165) is 11.3 Å². The number of amides is 3. The minimum Gasteiger partial charge on any atom is -0.480 e. The van der Waals surface area contributed by atoms with Gasteiger partial charge in [-0.3, -0.25) is 24.1 Å². The zero-order chi connectivity index (χ0) is 15.3. The zero-order valence-corrected chi connectivity index (χ0v) is 11.5. The maximum atomic E-state index is 12.3. The monoisotopic (exact) mass is 292 g/mol. The number of likely N-dealkylation sites (tertiary alicyclic amines) is 1. The van der Waals surface area contributed by atoms with Crippen molar-refractivity contribution in [2.24, 2.45) is 23.7 Å². The quantitative estimate of drug-likeness (QED) is 0.531. The second-order valence-electron chi connectivity index (χ2n) is 5.89. The number of carboxylic acid groups (broad SMARTS) is 1. The second-order valence-corrected chi connectivity index (χ2v) is 5.89. The lowest BCUT2D eigenvalue weighted by atomic mass is 9.85. The molecule has 21 heavy (non-hydrogen) atoms. The number of nitrogens with zero attached hydrogens (tertiary/aromatic N) is 1. The predicted octanol–water partition coefficient (Wildman–Crippen LogP) is -0.617. The molecule has 0 aromatic rings. The van der Waals surface area contributed by atoms with Crippen LogP contribution >= 0.6 is 0 Å². The number of rotatable bonds is 4. The van der Waals surface area contributed by atoms with Crippen LogP contribution in [0.15, 0.2) is 12.2 Å². The van der Waals surface area contributed by atoms with Crippen LogP contribution in [0.2, 0.25) is 0 Å². The first-order valence-electron chi connectivity index (χ1n) is 6.96. The Morgan fingerprint density at radius 1 is 1.29 bits per heavy atom. The van der Waals surface area contributed by atoms with Gasteiger partial charge in [-0.1, -0.05) is 12.2 Å². The fourth-order valence-corrected chi connectivity index (χ4v) is 3.61. The lowest BCUT2D eigenvalue weighted by Gasteiger charge is -2.17. The molecule has 2 bridgehead atoms. The topological polar surface area (TPSA) is 104 Å². The third kappa shape index (κ3) is 2.03. The van der Waals surface area contributed by atoms with E-state index in [0.29, 0.717) is 0 Å². The summed E-state index contributed by atoms with van der Waals surface area (Å²) in [6.07, 6.45) is 4.79. The third-order valence-corrected chi connectivity index (χ3v) is 4.61. The molecule has 1 heterocycles. The molecule has 2 aliphatic carbocycles. The molecule has 7 heteroatoms. The van der Waals surface area contributed by atoms with E-state index >= 15 is 0 Å². The van der Waals surface area contributed by atoms with Crippen LogP contribution in [0, 0.1) is 23.7 Å². The summed E-state index contributed by atoms with van der Waals surface area (Å²) in [7, 11) is 0. The average molecular weight is 292 g/mol. The predicted molar refractivity (Wildman–Crippen MR) is 69.7 cm³/mol. The van der Waals surface area contributed by atoms with Gasteiger partial charge < -0.3 is 10.4 Å². The van der Waals surface area contributed by atoms with Gasteiger partial charge >= 0.3 is 5.97 Å². The van der Waals surface area contributed by atoms with E-state index in [1.807, 2.05) is 12.2 Å². The highest BCUT2D eigenvalue weighted by molar-refractivity contribution is 6.08. The first-order valence-corrected chi connectivity index (χ1v) is 6.96. The number of fused-ring (bicyclic) bond motifs is 5. The van der Waals surface area contributed by atoms with Gasteiger partial charge in [0.05, 0.1) is 11.8 Å². The molecule has 0 radical (unpaired) electrons. The largest absolute Gasteiger partial charge is 0.480 e. The molecule has 1 aliphatic heterocycles. The highest BCUT2D eigenvalue weighted by atomic mass is 16.4. The molecule has 0 aromatic carbocycles. The van der Waals surface area contributed by atoms with Crippen LogP contribution in [0.5, 0.6) is 0 Å². The molecular weight excluding hydrogens is 276 g/mol. The lowest BCUT2D eigenvalue weighted by Crippen LogP contribution is -2.46. The molecule has 3 amide bonds. The molecule has 0 spiro atoms. The van der Waals surface area contributed by atoms with Crippen LogP contribution in [-0.2, 0) is 19.2 Å². The summed E-state index contributed by atoms with van der Waals surface area (Å²) < 4.78 is 0. The molecule has 0 aromatic heterocycles. The smallest absolute Gasteiger partial charge is 0.325 e. The minimum absolute atomic E-state index is 0.0995. The Labute approximate surface area is 121 Å². The fourth-order valence-electron chi connectivity index (χ4n) is 3.61. The molecule has 0 unspecified atom stereocenters. The van der Waals surface area contributed by atoms with Crippen LogP contribution in [-0.4, -0.2) is 46.3 Å². The van der Waals surface area contributed by atoms with E-state index in [1.54, 1.807) is 0 Å². The van der Waals surface area contributed by atoms with Crippen molar-refractivity contribution in [2.45, 2.75) is 19.4 Å². The summed E-state index contributed by atoms with van der Waals surface area (Å²) in [6, 6.07) is -1.05. The van der Waals surface area contributed by atoms with Gasteiger partial charge in [-0.15, -0.1) is 0 Å². The summed E-state index contributed by atoms with van der Waals surface area (Å²) in [5.74, 6) is -2.88. The SMILES string of the molecule is C[C@@H](NC(=O)CN1C(=O)[C@@H]2[C@H](C1=O)[C@H]1C=C[C@H]2C1)C(=O)O. The van der Waals surface area contributed by atoms with Gasteiger partial charge in [-0.2, -0.15) is 0 Å². The van der Waals surface area contributed by atoms with Gasteiger partial charge in [0.1, 0.15) is 12.6 Å².